The number of hydrogen-bond donors (Lipinski definition) is 0. The Morgan fingerprint density at radius 3 is 2.05 bits per heavy atom. The maximum Gasteiger partial charge on any atom is 0.471 e. The van der Waals surface area contributed by atoms with E-state index in [9.17, 15) is 13.2 Å². The van der Waals surface area contributed by atoms with Gasteiger partial charge in [-0.05, 0) is 11.1 Å². The normalized spacial score (nSPS) is 11.6. The third-order valence-electron chi connectivity index (χ3n) is 2.92. The quantitative estimate of drug-likeness (QED) is 0.701. The maximum absolute atomic E-state index is 12.5. The average Bonchev–Trinajstić information content (AvgIpc) is 2.98. The molecule has 0 saturated carbocycles. The maximum atomic E-state index is 12.5. The predicted molar refractivity (Wildman–Crippen MR) is 70.2 cm³/mol. The van der Waals surface area contributed by atoms with E-state index in [0.29, 0.717) is 5.56 Å². The highest BCUT2D eigenvalue weighted by Gasteiger charge is 2.38. The zero-order valence-electron chi connectivity index (χ0n) is 10.6. The lowest BCUT2D eigenvalue weighted by molar-refractivity contribution is -0.159. The second-order valence-electron chi connectivity index (χ2n) is 4.33. The van der Waals surface area contributed by atoms with Gasteiger partial charge in [0.15, 0.2) is 0 Å². The molecule has 0 bridgehead atoms. The van der Waals surface area contributed by atoms with Crippen LogP contribution in [0.2, 0.25) is 0 Å². The van der Waals surface area contributed by atoms with Gasteiger partial charge in [0.2, 0.25) is 5.82 Å². The number of halogens is 3. The molecule has 0 fully saturated rings. The van der Waals surface area contributed by atoms with E-state index in [2.05, 4.69) is 14.7 Å². The Hall–Kier alpha value is -2.63. The summed E-state index contributed by atoms with van der Waals surface area (Å²) >= 11 is 0. The lowest BCUT2D eigenvalue weighted by Gasteiger charge is -2.06. The number of hydrogen-bond acceptors (Lipinski definition) is 3. The standard InChI is InChI=1S/C15H9F3N2O/c16-15(17,18)14-19-13(20-21-14)12-9-5-4-8-11(12)10-6-2-1-3-7-10/h1-9H. The first-order chi connectivity index (χ1) is 10.1. The van der Waals surface area contributed by atoms with Gasteiger partial charge < -0.3 is 4.52 Å². The minimum atomic E-state index is -4.65. The lowest BCUT2D eigenvalue weighted by Crippen LogP contribution is -2.04. The number of aromatic nitrogens is 2. The fourth-order valence-electron chi connectivity index (χ4n) is 2.00. The molecule has 21 heavy (non-hydrogen) atoms. The van der Waals surface area contributed by atoms with E-state index in [4.69, 9.17) is 0 Å². The van der Waals surface area contributed by atoms with Crippen LogP contribution in [-0.2, 0) is 6.18 Å². The topological polar surface area (TPSA) is 38.9 Å². The summed E-state index contributed by atoms with van der Waals surface area (Å²) in [6.45, 7) is 0. The first kappa shape index (κ1) is 13.4. The molecule has 1 aromatic heterocycles. The first-order valence-corrected chi connectivity index (χ1v) is 6.11. The van der Waals surface area contributed by atoms with Crippen molar-refractivity contribution in [1.29, 1.82) is 0 Å². The van der Waals surface area contributed by atoms with Crippen molar-refractivity contribution in [2.45, 2.75) is 6.18 Å². The molecule has 0 amide bonds. The van der Waals surface area contributed by atoms with Gasteiger partial charge in [0.25, 0.3) is 0 Å². The highest BCUT2D eigenvalue weighted by atomic mass is 19.4. The number of alkyl halides is 3. The highest BCUT2D eigenvalue weighted by Crippen LogP contribution is 2.33. The molecule has 0 unspecified atom stereocenters. The van der Waals surface area contributed by atoms with Crippen LogP contribution in [0.15, 0.2) is 59.1 Å². The van der Waals surface area contributed by atoms with Crippen molar-refractivity contribution in [3.63, 3.8) is 0 Å². The first-order valence-electron chi connectivity index (χ1n) is 6.11. The van der Waals surface area contributed by atoms with E-state index < -0.39 is 12.1 Å². The van der Waals surface area contributed by atoms with E-state index in [1.165, 1.54) is 0 Å². The van der Waals surface area contributed by atoms with Crippen LogP contribution in [-0.4, -0.2) is 10.1 Å². The van der Waals surface area contributed by atoms with Crippen LogP contribution in [0.5, 0.6) is 0 Å². The molecule has 6 heteroatoms. The number of benzene rings is 2. The Balaban J connectivity index is 2.10. The molecule has 3 nitrogen and oxygen atoms in total. The number of rotatable bonds is 2. The van der Waals surface area contributed by atoms with Crippen molar-refractivity contribution < 1.29 is 17.7 Å². The fourth-order valence-corrected chi connectivity index (χ4v) is 2.00. The number of nitrogens with zero attached hydrogens (tertiary/aromatic N) is 2. The molecule has 106 valence electrons. The summed E-state index contributed by atoms with van der Waals surface area (Å²) < 4.78 is 41.9. The largest absolute Gasteiger partial charge is 0.471 e. The molecule has 2 aromatic carbocycles. The molecule has 1 heterocycles. The molecule has 0 aliphatic heterocycles. The summed E-state index contributed by atoms with van der Waals surface area (Å²) in [5.74, 6) is -1.43. The van der Waals surface area contributed by atoms with Crippen LogP contribution < -0.4 is 0 Å². The third-order valence-corrected chi connectivity index (χ3v) is 2.92. The van der Waals surface area contributed by atoms with Crippen molar-refractivity contribution in [3.8, 4) is 22.5 Å². The zero-order chi connectivity index (χ0) is 14.9. The van der Waals surface area contributed by atoms with E-state index >= 15 is 0 Å². The van der Waals surface area contributed by atoms with Crippen LogP contribution >= 0.6 is 0 Å². The molecular formula is C15H9F3N2O. The van der Waals surface area contributed by atoms with Crippen LogP contribution in [0.3, 0.4) is 0 Å². The molecule has 0 aliphatic rings. The van der Waals surface area contributed by atoms with Gasteiger partial charge in [0.1, 0.15) is 0 Å². The van der Waals surface area contributed by atoms with Gasteiger partial charge in [-0.15, -0.1) is 0 Å². The minimum absolute atomic E-state index is 0.0817. The van der Waals surface area contributed by atoms with Crippen molar-refractivity contribution in [2.75, 3.05) is 0 Å². The summed E-state index contributed by atoms with van der Waals surface area (Å²) in [4.78, 5) is 3.44. The van der Waals surface area contributed by atoms with Crippen molar-refractivity contribution in [1.82, 2.24) is 10.1 Å². The minimum Gasteiger partial charge on any atom is -0.329 e. The van der Waals surface area contributed by atoms with Crippen molar-refractivity contribution in [2.24, 2.45) is 0 Å². The molecule has 0 radical (unpaired) electrons. The van der Waals surface area contributed by atoms with E-state index in [0.717, 1.165) is 11.1 Å². The van der Waals surface area contributed by atoms with Gasteiger partial charge in [-0.25, -0.2) is 0 Å². The fraction of sp³-hybridized carbons (Fsp3) is 0.0667. The summed E-state index contributed by atoms with van der Waals surface area (Å²) in [5, 5.41) is 3.43. The molecule has 0 aliphatic carbocycles. The van der Waals surface area contributed by atoms with E-state index in [1.807, 2.05) is 30.3 Å². The molecule has 3 aromatic rings. The van der Waals surface area contributed by atoms with Crippen molar-refractivity contribution in [3.05, 3.63) is 60.5 Å². The second-order valence-corrected chi connectivity index (χ2v) is 4.33. The summed E-state index contributed by atoms with van der Waals surface area (Å²) in [6, 6.07) is 16.3. The highest BCUT2D eigenvalue weighted by molar-refractivity contribution is 5.80. The van der Waals surface area contributed by atoms with Crippen LogP contribution in [0.4, 0.5) is 13.2 Å². The monoisotopic (exact) mass is 290 g/mol. The molecule has 0 saturated heterocycles. The Morgan fingerprint density at radius 1 is 0.810 bits per heavy atom. The molecule has 0 spiro atoms. The second kappa shape index (κ2) is 5.05. The van der Waals surface area contributed by atoms with E-state index in [1.54, 1.807) is 24.3 Å². The molecule has 3 rings (SSSR count). The SMILES string of the molecule is FC(F)(F)c1nc(-c2ccccc2-c2ccccc2)no1. The smallest absolute Gasteiger partial charge is 0.329 e. The molecular weight excluding hydrogens is 281 g/mol. The summed E-state index contributed by atoms with van der Waals surface area (Å²) in [6.07, 6.45) is -4.65. The summed E-state index contributed by atoms with van der Waals surface area (Å²) in [5.41, 5.74) is 2.10. The van der Waals surface area contributed by atoms with Gasteiger partial charge >= 0.3 is 12.1 Å². The zero-order valence-corrected chi connectivity index (χ0v) is 10.6. The third kappa shape index (κ3) is 2.65. The predicted octanol–water partition coefficient (Wildman–Crippen LogP) is 4.42. The van der Waals surface area contributed by atoms with Crippen LogP contribution in [0.1, 0.15) is 5.89 Å². The van der Waals surface area contributed by atoms with Crippen LogP contribution in [0, 0.1) is 0 Å². The van der Waals surface area contributed by atoms with Gasteiger partial charge in [-0.1, -0.05) is 59.8 Å². The van der Waals surface area contributed by atoms with Gasteiger partial charge in [0.05, 0.1) is 0 Å². The summed E-state index contributed by atoms with van der Waals surface area (Å²) in [7, 11) is 0. The van der Waals surface area contributed by atoms with Crippen molar-refractivity contribution >= 4 is 0 Å². The Morgan fingerprint density at radius 2 is 1.43 bits per heavy atom. The Bertz CT molecular complexity index is 751. The van der Waals surface area contributed by atoms with Gasteiger partial charge in [-0.2, -0.15) is 18.2 Å². The van der Waals surface area contributed by atoms with Crippen LogP contribution in [0.25, 0.3) is 22.5 Å². The Kier molecular flexibility index (Phi) is 3.21. The Labute approximate surface area is 118 Å². The van der Waals surface area contributed by atoms with Gasteiger partial charge in [-0.3, -0.25) is 0 Å². The average molecular weight is 290 g/mol. The molecule has 0 atom stereocenters. The van der Waals surface area contributed by atoms with Gasteiger partial charge in [0, 0.05) is 5.56 Å². The molecule has 0 N–H and O–H groups in total. The van der Waals surface area contributed by atoms with E-state index in [-0.39, 0.29) is 5.82 Å². The lowest BCUT2D eigenvalue weighted by atomic mass is 9.99.